The SMILES string of the molecule is CCS(=O)(=O)C(Cl)(Cl)[C@H](O)c1ccc(OC)cc1. The zero-order chi connectivity index (χ0) is 14.0. The molecule has 0 amide bonds. The molecular formula is C11H14Cl2O4S. The molecule has 0 aromatic heterocycles. The van der Waals surface area contributed by atoms with Gasteiger partial charge in [-0.3, -0.25) is 0 Å². The average Bonchev–Trinajstić information content (AvgIpc) is 2.37. The number of halogens is 2. The number of sulfone groups is 1. The van der Waals surface area contributed by atoms with E-state index in [2.05, 4.69) is 0 Å². The summed E-state index contributed by atoms with van der Waals surface area (Å²) in [6.45, 7) is 1.41. The average molecular weight is 313 g/mol. The summed E-state index contributed by atoms with van der Waals surface area (Å²) in [5.41, 5.74) is 0.304. The highest BCUT2D eigenvalue weighted by molar-refractivity contribution is 7.95. The van der Waals surface area contributed by atoms with Crippen LogP contribution in [0.4, 0.5) is 0 Å². The Bertz CT molecular complexity index is 496. The van der Waals surface area contributed by atoms with Crippen molar-refractivity contribution < 1.29 is 18.3 Å². The van der Waals surface area contributed by atoms with Crippen LogP contribution in [-0.2, 0) is 9.84 Å². The van der Waals surface area contributed by atoms with Gasteiger partial charge in [0.05, 0.1) is 12.9 Å². The molecule has 0 saturated carbocycles. The third-order valence-electron chi connectivity index (χ3n) is 2.54. The largest absolute Gasteiger partial charge is 0.497 e. The maximum Gasteiger partial charge on any atom is 0.247 e. The molecular weight excluding hydrogens is 299 g/mol. The molecule has 0 saturated heterocycles. The van der Waals surface area contributed by atoms with Crippen LogP contribution in [-0.4, -0.2) is 30.1 Å². The fourth-order valence-corrected chi connectivity index (χ4v) is 3.11. The van der Waals surface area contributed by atoms with E-state index in [9.17, 15) is 13.5 Å². The van der Waals surface area contributed by atoms with Gasteiger partial charge in [-0.25, -0.2) is 8.42 Å². The summed E-state index contributed by atoms with van der Waals surface area (Å²) < 4.78 is 26.1. The highest BCUT2D eigenvalue weighted by atomic mass is 35.5. The second kappa shape index (κ2) is 5.65. The van der Waals surface area contributed by atoms with Gasteiger partial charge in [-0.15, -0.1) is 0 Å². The molecule has 102 valence electrons. The first-order valence-corrected chi connectivity index (χ1v) is 7.59. The van der Waals surface area contributed by atoms with Crippen molar-refractivity contribution >= 4 is 33.0 Å². The van der Waals surface area contributed by atoms with Crippen molar-refractivity contribution in [3.63, 3.8) is 0 Å². The van der Waals surface area contributed by atoms with Crippen molar-refractivity contribution in [3.05, 3.63) is 29.8 Å². The lowest BCUT2D eigenvalue weighted by Gasteiger charge is -2.25. The van der Waals surface area contributed by atoms with E-state index in [4.69, 9.17) is 27.9 Å². The maximum absolute atomic E-state index is 11.7. The summed E-state index contributed by atoms with van der Waals surface area (Å²) in [7, 11) is -2.31. The second-order valence-electron chi connectivity index (χ2n) is 3.64. The van der Waals surface area contributed by atoms with Crippen LogP contribution in [0.3, 0.4) is 0 Å². The van der Waals surface area contributed by atoms with Gasteiger partial charge in [-0.1, -0.05) is 42.3 Å². The molecule has 0 unspecified atom stereocenters. The molecule has 4 nitrogen and oxygen atoms in total. The summed E-state index contributed by atoms with van der Waals surface area (Å²) in [6, 6.07) is 6.18. The Hall–Kier alpha value is -0.490. The maximum atomic E-state index is 11.7. The molecule has 18 heavy (non-hydrogen) atoms. The first-order chi connectivity index (χ1) is 8.26. The molecule has 1 atom stereocenters. The molecule has 1 aromatic carbocycles. The smallest absolute Gasteiger partial charge is 0.247 e. The van der Waals surface area contributed by atoms with E-state index in [1.54, 1.807) is 12.1 Å². The van der Waals surface area contributed by atoms with Crippen molar-refractivity contribution in [1.29, 1.82) is 0 Å². The Morgan fingerprint density at radius 1 is 1.33 bits per heavy atom. The topological polar surface area (TPSA) is 63.6 Å². The van der Waals surface area contributed by atoms with Crippen LogP contribution in [0, 0.1) is 0 Å². The quantitative estimate of drug-likeness (QED) is 0.847. The minimum atomic E-state index is -3.81. The van der Waals surface area contributed by atoms with Crippen molar-refractivity contribution in [2.24, 2.45) is 0 Å². The van der Waals surface area contributed by atoms with Crippen LogP contribution in [0.15, 0.2) is 24.3 Å². The van der Waals surface area contributed by atoms with Gasteiger partial charge < -0.3 is 9.84 Å². The number of benzene rings is 1. The standard InChI is InChI=1S/C11H14Cl2O4S/c1-3-18(15,16)11(12,13)10(14)8-4-6-9(17-2)7-5-8/h4-7,10,14H,3H2,1-2H3/t10-/m1/s1. The first kappa shape index (κ1) is 15.6. The number of ether oxygens (including phenoxy) is 1. The fourth-order valence-electron chi connectivity index (χ4n) is 1.34. The van der Waals surface area contributed by atoms with Crippen molar-refractivity contribution in [2.75, 3.05) is 12.9 Å². The van der Waals surface area contributed by atoms with E-state index in [0.29, 0.717) is 11.3 Å². The predicted octanol–water partition coefficient (Wildman–Crippen LogP) is 2.29. The second-order valence-corrected chi connectivity index (χ2v) is 7.93. The Labute approximate surface area is 116 Å². The molecule has 0 aliphatic heterocycles. The molecule has 0 aliphatic rings. The number of aliphatic hydroxyl groups is 1. The Balaban J connectivity index is 3.09. The predicted molar refractivity (Wildman–Crippen MR) is 71.9 cm³/mol. The van der Waals surface area contributed by atoms with Gasteiger partial charge in [0.2, 0.25) is 3.67 Å². The van der Waals surface area contributed by atoms with Crippen LogP contribution in [0.25, 0.3) is 0 Å². The van der Waals surface area contributed by atoms with Crippen molar-refractivity contribution in [2.45, 2.75) is 16.7 Å². The number of rotatable bonds is 5. The summed E-state index contributed by atoms with van der Waals surface area (Å²) in [6.07, 6.45) is -1.53. The molecule has 1 aromatic rings. The monoisotopic (exact) mass is 312 g/mol. The van der Waals surface area contributed by atoms with Gasteiger partial charge in [-0.05, 0) is 17.7 Å². The molecule has 1 rings (SSSR count). The molecule has 0 radical (unpaired) electrons. The van der Waals surface area contributed by atoms with Crippen LogP contribution in [0.2, 0.25) is 0 Å². The van der Waals surface area contributed by atoms with E-state index in [1.807, 2.05) is 0 Å². The van der Waals surface area contributed by atoms with Crippen LogP contribution in [0.5, 0.6) is 5.75 Å². The van der Waals surface area contributed by atoms with Gasteiger partial charge in [0, 0.05) is 0 Å². The van der Waals surface area contributed by atoms with Crippen LogP contribution < -0.4 is 4.74 Å². The van der Waals surface area contributed by atoms with Crippen LogP contribution in [0.1, 0.15) is 18.6 Å². The highest BCUT2D eigenvalue weighted by Crippen LogP contribution is 2.41. The molecule has 0 heterocycles. The van der Waals surface area contributed by atoms with Gasteiger partial charge in [0.1, 0.15) is 11.9 Å². The number of hydrogen-bond donors (Lipinski definition) is 1. The number of aliphatic hydroxyl groups excluding tert-OH is 1. The lowest BCUT2D eigenvalue weighted by molar-refractivity contribution is 0.181. The third-order valence-corrected chi connectivity index (χ3v) is 6.18. The molecule has 7 heteroatoms. The number of methoxy groups -OCH3 is 1. The van der Waals surface area contributed by atoms with E-state index in [1.165, 1.54) is 26.2 Å². The summed E-state index contributed by atoms with van der Waals surface area (Å²) in [5, 5.41) is 9.99. The van der Waals surface area contributed by atoms with Gasteiger partial charge in [0.25, 0.3) is 0 Å². The fraction of sp³-hybridized carbons (Fsp3) is 0.455. The molecule has 0 bridgehead atoms. The normalized spacial score (nSPS) is 14.3. The number of hydrogen-bond acceptors (Lipinski definition) is 4. The molecule has 0 aliphatic carbocycles. The van der Waals surface area contributed by atoms with E-state index >= 15 is 0 Å². The van der Waals surface area contributed by atoms with Gasteiger partial charge in [-0.2, -0.15) is 0 Å². The minimum absolute atomic E-state index is 0.257. The molecule has 0 spiro atoms. The van der Waals surface area contributed by atoms with E-state index in [0.717, 1.165) is 0 Å². The third kappa shape index (κ3) is 2.91. The highest BCUT2D eigenvalue weighted by Gasteiger charge is 2.46. The lowest BCUT2D eigenvalue weighted by atomic mass is 10.1. The zero-order valence-electron chi connectivity index (χ0n) is 9.93. The van der Waals surface area contributed by atoms with Crippen molar-refractivity contribution in [1.82, 2.24) is 0 Å². The van der Waals surface area contributed by atoms with Gasteiger partial charge >= 0.3 is 0 Å². The number of alkyl halides is 2. The Kier molecular flexibility index (Phi) is 4.89. The molecule has 1 N–H and O–H groups in total. The zero-order valence-corrected chi connectivity index (χ0v) is 12.3. The van der Waals surface area contributed by atoms with E-state index < -0.39 is 19.6 Å². The summed E-state index contributed by atoms with van der Waals surface area (Å²) in [5.74, 6) is 0.326. The first-order valence-electron chi connectivity index (χ1n) is 5.18. The summed E-state index contributed by atoms with van der Waals surface area (Å²) in [4.78, 5) is 0. The Morgan fingerprint density at radius 2 is 1.83 bits per heavy atom. The Morgan fingerprint density at radius 3 is 2.22 bits per heavy atom. The van der Waals surface area contributed by atoms with Crippen LogP contribution >= 0.6 is 23.2 Å². The lowest BCUT2D eigenvalue weighted by Crippen LogP contribution is -2.34. The summed E-state index contributed by atoms with van der Waals surface area (Å²) >= 11 is 11.6. The van der Waals surface area contributed by atoms with E-state index in [-0.39, 0.29) is 5.75 Å². The van der Waals surface area contributed by atoms with Gasteiger partial charge in [0.15, 0.2) is 9.84 Å². The minimum Gasteiger partial charge on any atom is -0.497 e. The van der Waals surface area contributed by atoms with Crippen molar-refractivity contribution in [3.8, 4) is 5.75 Å². The molecule has 0 fully saturated rings.